The lowest BCUT2D eigenvalue weighted by Gasteiger charge is -2.13. The highest BCUT2D eigenvalue weighted by molar-refractivity contribution is 8.05. The molecule has 0 aromatic heterocycles. The van der Waals surface area contributed by atoms with Gasteiger partial charge in [-0.05, 0) is 20.3 Å². The molecule has 1 atom stereocenters. The fraction of sp³-hybridized carbons (Fsp3) is 0.438. The Hall–Kier alpha value is -1.98. The zero-order chi connectivity index (χ0) is 16.2. The Balaban J connectivity index is 3.01. The van der Waals surface area contributed by atoms with E-state index >= 15 is 0 Å². The Bertz CT molecular complexity index is 626. The third-order valence-electron chi connectivity index (χ3n) is 3.25. The topological polar surface area (TPSA) is 57.4 Å². The smallest absolute Gasteiger partial charge is 0.470 e. The molecule has 0 aliphatic carbocycles. The number of terminal acetylenes is 1. The van der Waals surface area contributed by atoms with Crippen LogP contribution in [-0.2, 0) is 9.59 Å². The Morgan fingerprint density at radius 2 is 2.19 bits per heavy atom. The van der Waals surface area contributed by atoms with Gasteiger partial charge in [-0.15, -0.1) is 11.0 Å². The van der Waals surface area contributed by atoms with E-state index in [0.717, 1.165) is 22.8 Å². The first-order valence-electron chi connectivity index (χ1n) is 6.48. The van der Waals surface area contributed by atoms with E-state index in [1.165, 1.54) is 0 Å². The quantitative estimate of drug-likeness (QED) is 0.493. The highest BCUT2D eigenvalue weighted by atomic mass is 32.2. The summed E-state index contributed by atoms with van der Waals surface area (Å²) >= 11 is 1.14. The third-order valence-corrected chi connectivity index (χ3v) is 4.46. The minimum atomic E-state index is -1.09. The van der Waals surface area contributed by atoms with E-state index in [-0.39, 0.29) is 15.6 Å². The molecule has 0 fully saturated rings. The zero-order valence-corrected chi connectivity index (χ0v) is 13.2. The maximum Gasteiger partial charge on any atom is 0.470 e. The molecule has 1 amide bonds. The average Bonchev–Trinajstić information content (AvgIpc) is 2.88. The maximum atomic E-state index is 11.5. The van der Waals surface area contributed by atoms with E-state index in [2.05, 4.69) is 18.6 Å². The standard InChI is InChI=1S/C16H17NO3S/c1-6-13(18)17(5)12-10-11(21-14(12)15(19)20)8-9-16(3,4)7-2/h1,11H,5,7,10H2,2-4H3/p+1. The number of amides is 1. The van der Waals surface area contributed by atoms with Crippen LogP contribution in [0.3, 0.4) is 0 Å². The second-order valence-electron chi connectivity index (χ2n) is 5.28. The van der Waals surface area contributed by atoms with E-state index in [0.29, 0.717) is 12.1 Å². The minimum Gasteiger partial charge on any atom is -0.477 e. The van der Waals surface area contributed by atoms with Crippen LogP contribution in [-0.4, -0.2) is 33.5 Å². The summed E-state index contributed by atoms with van der Waals surface area (Å²) in [5.74, 6) is 6.43. The van der Waals surface area contributed by atoms with Crippen molar-refractivity contribution in [2.24, 2.45) is 5.41 Å². The van der Waals surface area contributed by atoms with E-state index in [9.17, 15) is 14.7 Å². The number of carbonyl (C=O) groups is 2. The van der Waals surface area contributed by atoms with Crippen LogP contribution in [0.5, 0.6) is 0 Å². The number of hydrogen-bond acceptors (Lipinski definition) is 3. The molecule has 1 aliphatic rings. The highest BCUT2D eigenvalue weighted by Crippen LogP contribution is 2.38. The second kappa shape index (κ2) is 6.65. The molecule has 21 heavy (non-hydrogen) atoms. The third kappa shape index (κ3) is 4.24. The van der Waals surface area contributed by atoms with Gasteiger partial charge < -0.3 is 5.11 Å². The van der Waals surface area contributed by atoms with Crippen molar-refractivity contribution in [3.63, 3.8) is 0 Å². The predicted octanol–water partition coefficient (Wildman–Crippen LogP) is 2.10. The molecule has 0 spiro atoms. The molecule has 0 aromatic rings. The molecule has 1 heterocycles. The van der Waals surface area contributed by atoms with Gasteiger partial charge in [0.2, 0.25) is 5.70 Å². The monoisotopic (exact) mass is 304 g/mol. The summed E-state index contributed by atoms with van der Waals surface area (Å²) in [6.45, 7) is 9.65. The summed E-state index contributed by atoms with van der Waals surface area (Å²) in [5.41, 5.74) is 0.204. The number of carboxylic acid groups (broad SMARTS) is 1. The molecule has 5 heteroatoms. The fourth-order valence-corrected chi connectivity index (χ4v) is 2.65. The van der Waals surface area contributed by atoms with Gasteiger partial charge in [0.05, 0.1) is 11.7 Å². The minimum absolute atomic E-state index is 0.0854. The number of rotatable bonds is 3. The molecule has 1 aliphatic heterocycles. The second-order valence-corrected chi connectivity index (χ2v) is 6.49. The van der Waals surface area contributed by atoms with Crippen LogP contribution in [0, 0.1) is 29.6 Å². The van der Waals surface area contributed by atoms with Gasteiger partial charge in [0.1, 0.15) is 6.72 Å². The van der Waals surface area contributed by atoms with Crippen molar-refractivity contribution in [2.75, 3.05) is 0 Å². The largest absolute Gasteiger partial charge is 0.477 e. The van der Waals surface area contributed by atoms with Crippen molar-refractivity contribution < 1.29 is 19.3 Å². The Morgan fingerprint density at radius 1 is 1.57 bits per heavy atom. The molecule has 0 bridgehead atoms. The molecular formula is C16H18NO3S+. The van der Waals surface area contributed by atoms with Crippen LogP contribution >= 0.6 is 11.8 Å². The van der Waals surface area contributed by atoms with Gasteiger partial charge in [0, 0.05) is 11.3 Å². The van der Waals surface area contributed by atoms with Gasteiger partial charge in [0.15, 0.2) is 4.91 Å². The fourth-order valence-electron chi connectivity index (χ4n) is 1.57. The van der Waals surface area contributed by atoms with Gasteiger partial charge >= 0.3 is 11.9 Å². The van der Waals surface area contributed by atoms with Gasteiger partial charge in [-0.1, -0.05) is 30.5 Å². The number of aliphatic carboxylic acids is 1. The maximum absolute atomic E-state index is 11.5. The Labute approximate surface area is 129 Å². The first-order valence-corrected chi connectivity index (χ1v) is 7.36. The zero-order valence-electron chi connectivity index (χ0n) is 12.4. The van der Waals surface area contributed by atoms with Crippen molar-refractivity contribution in [3.05, 3.63) is 10.6 Å². The normalized spacial score (nSPS) is 17.7. The molecular weight excluding hydrogens is 286 g/mol. The predicted molar refractivity (Wildman–Crippen MR) is 83.7 cm³/mol. The molecule has 0 saturated heterocycles. The summed E-state index contributed by atoms with van der Waals surface area (Å²) in [6, 6.07) is 0. The van der Waals surface area contributed by atoms with Gasteiger partial charge in [0.25, 0.3) is 0 Å². The SMILES string of the molecule is C#CC(=O)[N+](=C)C1=C(C(=O)O)SC(C#CC(C)(C)CC)C1. The number of carboxylic acids is 1. The van der Waals surface area contributed by atoms with Crippen LogP contribution < -0.4 is 0 Å². The van der Waals surface area contributed by atoms with E-state index in [1.807, 2.05) is 26.7 Å². The van der Waals surface area contributed by atoms with Gasteiger partial charge in [-0.25, -0.2) is 9.59 Å². The summed E-state index contributed by atoms with van der Waals surface area (Å²) in [6.07, 6.45) is 6.29. The van der Waals surface area contributed by atoms with Crippen LogP contribution in [0.25, 0.3) is 0 Å². The Morgan fingerprint density at radius 3 is 2.67 bits per heavy atom. The van der Waals surface area contributed by atoms with Gasteiger partial charge in [-0.3, -0.25) is 0 Å². The molecule has 0 radical (unpaired) electrons. The number of hydrogen-bond donors (Lipinski definition) is 1. The number of thioether (sulfide) groups is 1. The van der Waals surface area contributed by atoms with Crippen LogP contribution in [0.2, 0.25) is 0 Å². The first-order chi connectivity index (χ1) is 9.71. The molecule has 1 rings (SSSR count). The van der Waals surface area contributed by atoms with Crippen LogP contribution in [0.1, 0.15) is 33.6 Å². The number of carbonyl (C=O) groups excluding carboxylic acids is 1. The van der Waals surface area contributed by atoms with E-state index < -0.39 is 11.9 Å². The van der Waals surface area contributed by atoms with E-state index in [4.69, 9.17) is 6.42 Å². The highest BCUT2D eigenvalue weighted by Gasteiger charge is 2.37. The first kappa shape index (κ1) is 17.1. The average molecular weight is 304 g/mol. The lowest BCUT2D eigenvalue weighted by Crippen LogP contribution is -2.18. The summed E-state index contributed by atoms with van der Waals surface area (Å²) in [4.78, 5) is 22.9. The number of allylic oxidation sites excluding steroid dienone is 1. The van der Waals surface area contributed by atoms with Crippen molar-refractivity contribution in [1.29, 1.82) is 0 Å². The molecule has 4 nitrogen and oxygen atoms in total. The number of nitrogens with zero attached hydrogens (tertiary/aromatic N) is 1. The van der Waals surface area contributed by atoms with Crippen LogP contribution in [0.15, 0.2) is 10.6 Å². The Kier molecular flexibility index (Phi) is 5.41. The molecule has 0 aromatic carbocycles. The molecule has 0 saturated carbocycles. The lowest BCUT2D eigenvalue weighted by molar-refractivity contribution is -0.387. The molecule has 1 N–H and O–H groups in total. The lowest BCUT2D eigenvalue weighted by atomic mass is 9.91. The summed E-state index contributed by atoms with van der Waals surface area (Å²) in [7, 11) is 0. The van der Waals surface area contributed by atoms with Gasteiger partial charge in [-0.2, -0.15) is 0 Å². The van der Waals surface area contributed by atoms with Crippen molar-refractivity contribution in [1.82, 2.24) is 0 Å². The van der Waals surface area contributed by atoms with Crippen molar-refractivity contribution in [3.8, 4) is 24.2 Å². The van der Waals surface area contributed by atoms with Crippen molar-refractivity contribution in [2.45, 2.75) is 38.9 Å². The molecule has 110 valence electrons. The summed E-state index contributed by atoms with van der Waals surface area (Å²) < 4.78 is 0.975. The van der Waals surface area contributed by atoms with Crippen LogP contribution in [0.4, 0.5) is 0 Å². The molecule has 1 unspecified atom stereocenters. The van der Waals surface area contributed by atoms with E-state index in [1.54, 1.807) is 0 Å². The summed E-state index contributed by atoms with van der Waals surface area (Å²) in [5, 5.41) is 9.03. The van der Waals surface area contributed by atoms with Crippen molar-refractivity contribution >= 4 is 30.4 Å².